The molecule has 1 rings (SSSR count). The van der Waals surface area contributed by atoms with Crippen LogP contribution in [0.2, 0.25) is 0 Å². The van der Waals surface area contributed by atoms with Gasteiger partial charge < -0.3 is 5.11 Å². The summed E-state index contributed by atoms with van der Waals surface area (Å²) in [5.41, 5.74) is 0. The molecule has 0 bridgehead atoms. The lowest BCUT2D eigenvalue weighted by Crippen LogP contribution is -2.14. The molecule has 0 amide bonds. The summed E-state index contributed by atoms with van der Waals surface area (Å²) in [7, 11) is -4.04. The molecule has 0 spiro atoms. The fourth-order valence-corrected chi connectivity index (χ4v) is 1.25. The summed E-state index contributed by atoms with van der Waals surface area (Å²) >= 11 is 0. The van der Waals surface area contributed by atoms with Crippen molar-refractivity contribution in [3.63, 3.8) is 0 Å². The lowest BCUT2D eigenvalue weighted by atomic mass is 10.3. The van der Waals surface area contributed by atoms with E-state index in [4.69, 9.17) is 5.11 Å². The van der Waals surface area contributed by atoms with E-state index in [-0.39, 0.29) is 10.6 Å². The van der Waals surface area contributed by atoms with E-state index in [1.165, 1.54) is 0 Å². The summed E-state index contributed by atoms with van der Waals surface area (Å²) in [6.45, 7) is 0. The first kappa shape index (κ1) is 8.95. The molecular weight excluding hydrogens is 185 g/mol. The summed E-state index contributed by atoms with van der Waals surface area (Å²) in [6, 6.07) is 4.50. The minimum Gasteiger partial charge on any atom is -0.508 e. The Morgan fingerprint density at radius 1 is 1.25 bits per heavy atom. The Morgan fingerprint density at radius 2 is 1.75 bits per heavy atom. The van der Waals surface area contributed by atoms with Crippen molar-refractivity contribution >= 4 is 10.0 Å². The molecule has 0 unspecified atom stereocenters. The Labute approximate surface area is 68.6 Å². The van der Waals surface area contributed by atoms with Gasteiger partial charge in [0.15, 0.2) is 0 Å². The Bertz CT molecular complexity index is 359. The van der Waals surface area contributed by atoms with Crippen molar-refractivity contribution in [3.05, 3.63) is 24.3 Å². The van der Waals surface area contributed by atoms with Crippen LogP contribution in [0.25, 0.3) is 0 Å². The minimum absolute atomic E-state index is 0.0761. The van der Waals surface area contributed by atoms with Crippen LogP contribution in [-0.4, -0.2) is 13.5 Å². The van der Waals surface area contributed by atoms with E-state index in [9.17, 15) is 12.9 Å². The van der Waals surface area contributed by atoms with E-state index in [2.05, 4.69) is 0 Å². The van der Waals surface area contributed by atoms with Crippen LogP contribution in [0, 0.1) is 0 Å². The smallest absolute Gasteiger partial charge is 0.266 e. The summed E-state index contributed by atoms with van der Waals surface area (Å²) < 4.78 is 33.1. The number of nitrogens with one attached hydrogen (secondary N) is 1. The van der Waals surface area contributed by atoms with Crippen LogP contribution in [0.15, 0.2) is 29.2 Å². The molecule has 0 saturated carbocycles. The molecule has 0 radical (unpaired) electrons. The van der Waals surface area contributed by atoms with E-state index in [0.29, 0.717) is 4.94 Å². The molecule has 12 heavy (non-hydrogen) atoms. The molecule has 6 heteroatoms. The predicted octanol–water partition coefficient (Wildman–Crippen LogP) is 0.555. The average molecular weight is 191 g/mol. The lowest BCUT2D eigenvalue weighted by molar-refractivity contribution is 0.425. The van der Waals surface area contributed by atoms with Crippen molar-refractivity contribution in [2.24, 2.45) is 0 Å². The van der Waals surface area contributed by atoms with Gasteiger partial charge in [0.1, 0.15) is 5.75 Å². The summed E-state index contributed by atoms with van der Waals surface area (Å²) in [4.78, 5) is 0.434. The second-order valence-electron chi connectivity index (χ2n) is 2.07. The van der Waals surface area contributed by atoms with Crippen molar-refractivity contribution < 1.29 is 18.0 Å². The first-order chi connectivity index (χ1) is 5.56. The molecule has 0 heterocycles. The van der Waals surface area contributed by atoms with Gasteiger partial charge in [-0.2, -0.15) is 0 Å². The maximum absolute atomic E-state index is 11.7. The Kier molecular flexibility index (Phi) is 2.30. The van der Waals surface area contributed by atoms with Gasteiger partial charge in [-0.3, -0.25) is 0 Å². The van der Waals surface area contributed by atoms with E-state index < -0.39 is 10.0 Å². The molecule has 0 aromatic heterocycles. The highest BCUT2D eigenvalue weighted by molar-refractivity contribution is 7.89. The average Bonchev–Trinajstić information content (AvgIpc) is 2.05. The Hall–Kier alpha value is -1.14. The van der Waals surface area contributed by atoms with Gasteiger partial charge in [-0.1, -0.05) is 0 Å². The molecule has 4 nitrogen and oxygen atoms in total. The molecule has 0 aliphatic rings. The van der Waals surface area contributed by atoms with Crippen molar-refractivity contribution in [1.82, 2.24) is 4.94 Å². The van der Waals surface area contributed by atoms with Crippen molar-refractivity contribution in [1.29, 1.82) is 0 Å². The highest BCUT2D eigenvalue weighted by Gasteiger charge is 2.12. The standard InChI is InChI=1S/C6H6FNO3S/c7-8-12(10,11)6-3-1-5(9)2-4-6/h1-4,8-9H. The number of rotatable bonds is 2. The van der Waals surface area contributed by atoms with E-state index in [1.807, 2.05) is 0 Å². The number of aromatic hydroxyl groups is 1. The highest BCUT2D eigenvalue weighted by atomic mass is 32.2. The maximum Gasteiger partial charge on any atom is 0.266 e. The van der Waals surface area contributed by atoms with Gasteiger partial charge in [0.25, 0.3) is 10.0 Å². The third-order valence-electron chi connectivity index (χ3n) is 1.25. The van der Waals surface area contributed by atoms with Gasteiger partial charge in [-0.15, -0.1) is 4.48 Å². The minimum atomic E-state index is -4.04. The fourth-order valence-electron chi connectivity index (χ4n) is 0.670. The van der Waals surface area contributed by atoms with Crippen LogP contribution < -0.4 is 4.94 Å². The predicted molar refractivity (Wildman–Crippen MR) is 39.5 cm³/mol. The van der Waals surface area contributed by atoms with E-state index in [1.54, 1.807) is 0 Å². The molecule has 0 saturated heterocycles. The number of sulfonamides is 1. The van der Waals surface area contributed by atoms with E-state index >= 15 is 0 Å². The van der Waals surface area contributed by atoms with Crippen LogP contribution in [0.1, 0.15) is 0 Å². The second kappa shape index (κ2) is 3.08. The monoisotopic (exact) mass is 191 g/mol. The zero-order chi connectivity index (χ0) is 9.19. The van der Waals surface area contributed by atoms with Gasteiger partial charge in [-0.25, -0.2) is 8.42 Å². The number of benzene rings is 1. The van der Waals surface area contributed by atoms with Crippen LogP contribution in [0.5, 0.6) is 5.75 Å². The molecule has 66 valence electrons. The topological polar surface area (TPSA) is 66.4 Å². The van der Waals surface area contributed by atoms with Gasteiger partial charge in [-0.05, 0) is 29.2 Å². The Morgan fingerprint density at radius 3 is 2.17 bits per heavy atom. The molecule has 1 aromatic carbocycles. The van der Waals surface area contributed by atoms with Crippen LogP contribution >= 0.6 is 0 Å². The molecule has 1 aromatic rings. The summed E-state index contributed by atoms with van der Waals surface area (Å²) in [5.74, 6) is -0.0761. The lowest BCUT2D eigenvalue weighted by Gasteiger charge is -1.98. The number of phenols is 1. The Balaban J connectivity index is 3.14. The molecule has 0 fully saturated rings. The molecular formula is C6H6FNO3S. The largest absolute Gasteiger partial charge is 0.508 e. The highest BCUT2D eigenvalue weighted by Crippen LogP contribution is 2.13. The van der Waals surface area contributed by atoms with Gasteiger partial charge in [0.2, 0.25) is 0 Å². The molecule has 0 aliphatic carbocycles. The third-order valence-corrected chi connectivity index (χ3v) is 2.34. The number of phenolic OH excluding ortho intramolecular Hbond substituents is 1. The van der Waals surface area contributed by atoms with Gasteiger partial charge in [0.05, 0.1) is 4.90 Å². The quantitative estimate of drug-likeness (QED) is 0.671. The first-order valence-corrected chi connectivity index (χ1v) is 4.46. The SMILES string of the molecule is O=S(=O)(NF)c1ccc(O)cc1. The van der Waals surface area contributed by atoms with Crippen molar-refractivity contribution in [3.8, 4) is 5.75 Å². The normalized spacial score (nSPS) is 11.4. The number of hydrogen-bond donors (Lipinski definition) is 2. The fraction of sp³-hybridized carbons (Fsp3) is 0. The zero-order valence-corrected chi connectivity index (χ0v) is 6.68. The zero-order valence-electron chi connectivity index (χ0n) is 5.86. The van der Waals surface area contributed by atoms with Crippen LogP contribution in [0.4, 0.5) is 4.48 Å². The third kappa shape index (κ3) is 1.72. The first-order valence-electron chi connectivity index (χ1n) is 2.98. The van der Waals surface area contributed by atoms with E-state index in [0.717, 1.165) is 24.3 Å². The van der Waals surface area contributed by atoms with Crippen molar-refractivity contribution in [2.75, 3.05) is 0 Å². The molecule has 0 atom stereocenters. The van der Waals surface area contributed by atoms with Crippen molar-refractivity contribution in [2.45, 2.75) is 4.90 Å². The number of hydrogen-bond acceptors (Lipinski definition) is 3. The maximum atomic E-state index is 11.7. The number of halogens is 1. The molecule has 0 aliphatic heterocycles. The van der Waals surface area contributed by atoms with Crippen LogP contribution in [-0.2, 0) is 10.0 Å². The van der Waals surface area contributed by atoms with Gasteiger partial charge >= 0.3 is 0 Å². The summed E-state index contributed by atoms with van der Waals surface area (Å²) in [6.07, 6.45) is 0. The van der Waals surface area contributed by atoms with Gasteiger partial charge in [0, 0.05) is 0 Å². The summed E-state index contributed by atoms with van der Waals surface area (Å²) in [5, 5.41) is 8.79. The molecule has 2 N–H and O–H groups in total. The van der Waals surface area contributed by atoms with Crippen LogP contribution in [0.3, 0.4) is 0 Å². The second-order valence-corrected chi connectivity index (χ2v) is 3.71.